The maximum atomic E-state index is 13.0. The zero-order valence-electron chi connectivity index (χ0n) is 11.4. The van der Waals surface area contributed by atoms with Crippen LogP contribution in [0.15, 0.2) is 18.2 Å². The smallest absolute Gasteiger partial charge is 0.360 e. The molecule has 1 saturated carbocycles. The molecule has 0 amide bonds. The van der Waals surface area contributed by atoms with Gasteiger partial charge >= 0.3 is 6.18 Å². The maximum Gasteiger partial charge on any atom is 0.418 e. The summed E-state index contributed by atoms with van der Waals surface area (Å²) in [6, 6.07) is 2.69. The van der Waals surface area contributed by atoms with Gasteiger partial charge in [-0.1, -0.05) is 12.8 Å². The van der Waals surface area contributed by atoms with Gasteiger partial charge in [0.1, 0.15) is 0 Å². The highest BCUT2D eigenvalue weighted by Crippen LogP contribution is 2.37. The first-order valence-corrected chi connectivity index (χ1v) is 7.11. The number of hydrogen-bond acceptors (Lipinski definition) is 3. The predicted octanol–water partition coefficient (Wildman–Crippen LogP) is 3.84. The molecule has 0 saturated heterocycles. The van der Waals surface area contributed by atoms with E-state index in [9.17, 15) is 23.3 Å². The van der Waals surface area contributed by atoms with Crippen LogP contribution < -0.4 is 10.6 Å². The van der Waals surface area contributed by atoms with E-state index in [0.717, 1.165) is 37.8 Å². The standard InChI is InChI=1S/C13H14F3N3O2S/c14-13(15,16)10-7-9(19(20)21)5-6-11(10)18-12(22)17-8-3-1-2-4-8/h5-8H,1-4H2,(H2,17,18,22). The van der Waals surface area contributed by atoms with Gasteiger partial charge in [0.2, 0.25) is 0 Å². The Morgan fingerprint density at radius 2 is 1.95 bits per heavy atom. The summed E-state index contributed by atoms with van der Waals surface area (Å²) in [4.78, 5) is 9.76. The number of nitrogens with one attached hydrogen (secondary N) is 2. The molecule has 0 radical (unpaired) electrons. The molecule has 0 bridgehead atoms. The lowest BCUT2D eigenvalue weighted by molar-refractivity contribution is -0.385. The fraction of sp³-hybridized carbons (Fsp3) is 0.462. The number of nitro groups is 1. The molecule has 1 aliphatic rings. The van der Waals surface area contributed by atoms with Crippen molar-refractivity contribution in [3.05, 3.63) is 33.9 Å². The molecule has 2 rings (SSSR count). The van der Waals surface area contributed by atoms with Crippen molar-refractivity contribution < 1.29 is 18.1 Å². The fourth-order valence-electron chi connectivity index (χ4n) is 2.40. The van der Waals surface area contributed by atoms with E-state index in [2.05, 4.69) is 10.6 Å². The lowest BCUT2D eigenvalue weighted by Crippen LogP contribution is -2.36. The molecule has 120 valence electrons. The van der Waals surface area contributed by atoms with Gasteiger partial charge in [0.05, 0.1) is 16.2 Å². The first kappa shape index (κ1) is 16.5. The van der Waals surface area contributed by atoms with Crippen molar-refractivity contribution in [2.45, 2.75) is 37.9 Å². The van der Waals surface area contributed by atoms with Crippen molar-refractivity contribution >= 4 is 28.7 Å². The number of alkyl halides is 3. The summed E-state index contributed by atoms with van der Waals surface area (Å²) in [5, 5.41) is 16.2. The van der Waals surface area contributed by atoms with Crippen LogP contribution in [0.5, 0.6) is 0 Å². The molecule has 0 aliphatic heterocycles. The highest BCUT2D eigenvalue weighted by molar-refractivity contribution is 7.80. The second-order valence-corrected chi connectivity index (χ2v) is 5.47. The summed E-state index contributed by atoms with van der Waals surface area (Å²) in [6.07, 6.45) is -0.739. The van der Waals surface area contributed by atoms with E-state index in [1.165, 1.54) is 0 Å². The minimum Gasteiger partial charge on any atom is -0.360 e. The number of hydrogen-bond donors (Lipinski definition) is 2. The second kappa shape index (κ2) is 6.47. The Hall–Kier alpha value is -1.90. The van der Waals surface area contributed by atoms with Crippen molar-refractivity contribution in [1.82, 2.24) is 5.32 Å². The molecule has 0 unspecified atom stereocenters. The Balaban J connectivity index is 2.18. The average molecular weight is 333 g/mol. The number of nitro benzene ring substituents is 1. The van der Waals surface area contributed by atoms with Crippen molar-refractivity contribution in [3.8, 4) is 0 Å². The summed E-state index contributed by atoms with van der Waals surface area (Å²) < 4.78 is 39.1. The first-order chi connectivity index (χ1) is 10.3. The number of rotatable bonds is 3. The zero-order chi connectivity index (χ0) is 16.3. The van der Waals surface area contributed by atoms with Gasteiger partial charge in [0, 0.05) is 18.2 Å². The number of non-ortho nitro benzene ring substituents is 1. The molecule has 1 fully saturated rings. The highest BCUT2D eigenvalue weighted by atomic mass is 32.1. The van der Waals surface area contributed by atoms with Crippen LogP contribution in [0.2, 0.25) is 0 Å². The van der Waals surface area contributed by atoms with Crippen molar-refractivity contribution in [2.24, 2.45) is 0 Å². The third-order valence-corrected chi connectivity index (χ3v) is 3.68. The number of halogens is 3. The molecule has 0 heterocycles. The normalized spacial score (nSPS) is 15.6. The topological polar surface area (TPSA) is 67.2 Å². The van der Waals surface area contributed by atoms with Gasteiger partial charge in [-0.2, -0.15) is 13.2 Å². The number of nitrogens with zero attached hydrogens (tertiary/aromatic N) is 1. The highest BCUT2D eigenvalue weighted by Gasteiger charge is 2.35. The van der Waals surface area contributed by atoms with Crippen LogP contribution >= 0.6 is 12.2 Å². The van der Waals surface area contributed by atoms with Crippen LogP contribution in [-0.4, -0.2) is 16.1 Å². The van der Waals surface area contributed by atoms with Crippen LogP contribution in [0.25, 0.3) is 0 Å². The predicted molar refractivity (Wildman–Crippen MR) is 79.7 cm³/mol. The molecular formula is C13H14F3N3O2S. The summed E-state index contributed by atoms with van der Waals surface area (Å²) >= 11 is 5.02. The van der Waals surface area contributed by atoms with Crippen molar-refractivity contribution in [3.63, 3.8) is 0 Å². The number of anilines is 1. The Morgan fingerprint density at radius 1 is 1.32 bits per heavy atom. The van der Waals surface area contributed by atoms with Crippen LogP contribution in [0.4, 0.5) is 24.5 Å². The molecule has 1 aromatic rings. The molecule has 9 heteroatoms. The molecule has 0 aromatic heterocycles. The molecule has 22 heavy (non-hydrogen) atoms. The molecular weight excluding hydrogens is 319 g/mol. The minimum absolute atomic E-state index is 0.0891. The SMILES string of the molecule is O=[N+]([O-])c1ccc(NC(=S)NC2CCCC2)c(C(F)(F)F)c1. The van der Waals surface area contributed by atoms with E-state index in [-0.39, 0.29) is 16.8 Å². The fourth-order valence-corrected chi connectivity index (χ4v) is 2.68. The number of thiocarbonyl (C=S) groups is 1. The summed E-state index contributed by atoms with van der Waals surface area (Å²) in [7, 11) is 0. The Morgan fingerprint density at radius 3 is 2.50 bits per heavy atom. The van der Waals surface area contributed by atoms with Gasteiger partial charge in [-0.15, -0.1) is 0 Å². The molecule has 5 nitrogen and oxygen atoms in total. The third-order valence-electron chi connectivity index (χ3n) is 3.46. The van der Waals surface area contributed by atoms with Gasteiger partial charge in [0.25, 0.3) is 5.69 Å². The molecule has 1 aromatic carbocycles. The van der Waals surface area contributed by atoms with Crippen LogP contribution in [0.1, 0.15) is 31.2 Å². The molecule has 0 atom stereocenters. The van der Waals surface area contributed by atoms with Gasteiger partial charge in [0.15, 0.2) is 5.11 Å². The van der Waals surface area contributed by atoms with Gasteiger partial charge in [-0.25, -0.2) is 0 Å². The summed E-state index contributed by atoms with van der Waals surface area (Å²) in [6.45, 7) is 0. The van der Waals surface area contributed by atoms with E-state index >= 15 is 0 Å². The molecule has 2 N–H and O–H groups in total. The van der Waals surface area contributed by atoms with Crippen molar-refractivity contribution in [2.75, 3.05) is 5.32 Å². The van der Waals surface area contributed by atoms with Crippen LogP contribution in [-0.2, 0) is 6.18 Å². The number of benzene rings is 1. The van der Waals surface area contributed by atoms with Crippen molar-refractivity contribution in [1.29, 1.82) is 0 Å². The first-order valence-electron chi connectivity index (χ1n) is 6.70. The lowest BCUT2D eigenvalue weighted by atomic mass is 10.1. The van der Waals surface area contributed by atoms with E-state index in [0.29, 0.717) is 6.07 Å². The Bertz CT molecular complexity index is 586. The average Bonchev–Trinajstić information content (AvgIpc) is 2.90. The van der Waals surface area contributed by atoms with Gasteiger partial charge in [-0.3, -0.25) is 10.1 Å². The molecule has 1 aliphatic carbocycles. The Labute approximate surface area is 130 Å². The monoisotopic (exact) mass is 333 g/mol. The third kappa shape index (κ3) is 4.06. The van der Waals surface area contributed by atoms with Crippen LogP contribution in [0, 0.1) is 10.1 Å². The second-order valence-electron chi connectivity index (χ2n) is 5.06. The molecule has 0 spiro atoms. The zero-order valence-corrected chi connectivity index (χ0v) is 12.3. The van der Waals surface area contributed by atoms with E-state index in [4.69, 9.17) is 12.2 Å². The van der Waals surface area contributed by atoms with Gasteiger partial charge in [-0.05, 0) is 31.1 Å². The van der Waals surface area contributed by atoms with Gasteiger partial charge < -0.3 is 10.6 Å². The lowest BCUT2D eigenvalue weighted by Gasteiger charge is -2.18. The minimum atomic E-state index is -4.71. The van der Waals surface area contributed by atoms with E-state index in [1.807, 2.05) is 0 Å². The summed E-state index contributed by atoms with van der Waals surface area (Å²) in [5.41, 5.74) is -2.03. The Kier molecular flexibility index (Phi) is 4.84. The van der Waals surface area contributed by atoms with E-state index < -0.39 is 22.4 Å². The largest absolute Gasteiger partial charge is 0.418 e. The maximum absolute atomic E-state index is 13.0. The quantitative estimate of drug-likeness (QED) is 0.500. The van der Waals surface area contributed by atoms with E-state index in [1.54, 1.807) is 0 Å². The van der Waals surface area contributed by atoms with Crippen LogP contribution in [0.3, 0.4) is 0 Å². The summed E-state index contributed by atoms with van der Waals surface area (Å²) in [5.74, 6) is 0.